The average Bonchev–Trinajstić information content (AvgIpc) is 2.96. The molecule has 0 aliphatic rings. The first-order valence-electron chi connectivity index (χ1n) is 13.9. The number of halogens is 1. The van der Waals surface area contributed by atoms with E-state index in [1.165, 1.54) is 31.4 Å². The second kappa shape index (κ2) is 15.7. The number of unbranched alkanes of at least 4 members (excludes halogenated alkanes) is 5. The summed E-state index contributed by atoms with van der Waals surface area (Å²) in [7, 11) is 0. The van der Waals surface area contributed by atoms with E-state index in [4.69, 9.17) is 14.2 Å². The Morgan fingerprint density at radius 3 is 2.03 bits per heavy atom. The predicted octanol–water partition coefficient (Wildman–Crippen LogP) is 8.65. The molecule has 3 aromatic rings. The third-order valence-corrected chi connectivity index (χ3v) is 6.64. The zero-order chi connectivity index (χ0) is 28.0. The number of esters is 2. The maximum atomic E-state index is 14.5. The van der Waals surface area contributed by atoms with E-state index in [0.29, 0.717) is 30.4 Å². The summed E-state index contributed by atoms with van der Waals surface area (Å²) in [5, 5.41) is 0. The van der Waals surface area contributed by atoms with Crippen LogP contribution >= 0.6 is 0 Å². The Morgan fingerprint density at radius 1 is 0.769 bits per heavy atom. The summed E-state index contributed by atoms with van der Waals surface area (Å²) >= 11 is 0. The van der Waals surface area contributed by atoms with Gasteiger partial charge in [-0.25, -0.2) is 14.0 Å². The van der Waals surface area contributed by atoms with E-state index in [1.807, 2.05) is 31.2 Å². The van der Waals surface area contributed by atoms with Crippen molar-refractivity contribution in [3.05, 3.63) is 83.7 Å². The molecule has 0 radical (unpaired) electrons. The monoisotopic (exact) mass is 534 g/mol. The molecule has 6 heteroatoms. The van der Waals surface area contributed by atoms with Gasteiger partial charge in [0, 0.05) is 0 Å². The Balaban J connectivity index is 1.50. The maximum absolute atomic E-state index is 14.5. The van der Waals surface area contributed by atoms with E-state index in [2.05, 4.69) is 13.8 Å². The predicted molar refractivity (Wildman–Crippen MR) is 152 cm³/mol. The van der Waals surface area contributed by atoms with Crippen molar-refractivity contribution in [3.8, 4) is 22.6 Å². The van der Waals surface area contributed by atoms with Gasteiger partial charge in [-0.3, -0.25) is 0 Å². The highest BCUT2D eigenvalue weighted by Gasteiger charge is 2.14. The van der Waals surface area contributed by atoms with E-state index in [9.17, 15) is 14.0 Å². The van der Waals surface area contributed by atoms with E-state index in [1.54, 1.807) is 24.3 Å². The van der Waals surface area contributed by atoms with Crippen molar-refractivity contribution < 1.29 is 28.2 Å². The lowest BCUT2D eigenvalue weighted by Gasteiger charge is -2.10. The van der Waals surface area contributed by atoms with Crippen molar-refractivity contribution in [1.29, 1.82) is 0 Å². The van der Waals surface area contributed by atoms with Crippen LogP contribution in [0.25, 0.3) is 11.1 Å². The second-order valence-corrected chi connectivity index (χ2v) is 9.86. The fourth-order valence-electron chi connectivity index (χ4n) is 3.91. The highest BCUT2D eigenvalue weighted by molar-refractivity contribution is 5.91. The molecule has 0 N–H and O–H groups in total. The first-order chi connectivity index (χ1) is 18.9. The van der Waals surface area contributed by atoms with Gasteiger partial charge < -0.3 is 14.2 Å². The molecule has 0 saturated carbocycles. The van der Waals surface area contributed by atoms with Gasteiger partial charge in [0.2, 0.25) is 0 Å². The Hall–Kier alpha value is -3.67. The molecule has 0 unspecified atom stereocenters. The lowest BCUT2D eigenvalue weighted by atomic mass is 10.0. The molecule has 3 rings (SSSR count). The van der Waals surface area contributed by atoms with Crippen LogP contribution in [0.3, 0.4) is 0 Å². The molecule has 0 bridgehead atoms. The van der Waals surface area contributed by atoms with Crippen molar-refractivity contribution in [1.82, 2.24) is 0 Å². The van der Waals surface area contributed by atoms with Crippen molar-refractivity contribution >= 4 is 11.9 Å². The molecule has 1 atom stereocenters. The van der Waals surface area contributed by atoms with Crippen molar-refractivity contribution in [2.45, 2.75) is 65.7 Å². The minimum Gasteiger partial charge on any atom is -0.491 e. The number of hydrogen-bond donors (Lipinski definition) is 0. The smallest absolute Gasteiger partial charge is 0.343 e. The van der Waals surface area contributed by atoms with E-state index in [0.717, 1.165) is 42.9 Å². The molecule has 5 nitrogen and oxygen atoms in total. The van der Waals surface area contributed by atoms with E-state index >= 15 is 0 Å². The highest BCUT2D eigenvalue weighted by atomic mass is 19.1. The van der Waals surface area contributed by atoms with Gasteiger partial charge in [0.1, 0.15) is 5.75 Å². The molecule has 0 saturated heterocycles. The van der Waals surface area contributed by atoms with E-state index in [-0.39, 0.29) is 17.3 Å². The summed E-state index contributed by atoms with van der Waals surface area (Å²) in [6, 6.07) is 18.3. The minimum atomic E-state index is -0.649. The standard InChI is InChI=1S/C33H39FO5/c1-4-6-7-8-9-10-21-37-31-20-17-28(22-30(31)34)33(36)39-29-18-15-26(16-19-29)25-11-13-27(14-12-25)32(35)38-23-24(3)5-2/h11-20,22,24H,4-10,21,23H2,1-3H3/t24-/m0/s1. The Kier molecular flexibility index (Phi) is 12.0. The van der Waals surface area contributed by atoms with E-state index < -0.39 is 11.8 Å². The number of ether oxygens (including phenoxy) is 3. The maximum Gasteiger partial charge on any atom is 0.343 e. The van der Waals surface area contributed by atoms with Gasteiger partial charge in [-0.1, -0.05) is 83.6 Å². The van der Waals surface area contributed by atoms with Crippen molar-refractivity contribution in [2.24, 2.45) is 5.92 Å². The largest absolute Gasteiger partial charge is 0.491 e. The highest BCUT2D eigenvalue weighted by Crippen LogP contribution is 2.25. The lowest BCUT2D eigenvalue weighted by Crippen LogP contribution is -2.11. The van der Waals surface area contributed by atoms with Gasteiger partial charge in [-0.05, 0) is 65.9 Å². The van der Waals surface area contributed by atoms with Gasteiger partial charge >= 0.3 is 11.9 Å². The lowest BCUT2D eigenvalue weighted by molar-refractivity contribution is 0.0447. The second-order valence-electron chi connectivity index (χ2n) is 9.86. The van der Waals surface area contributed by atoms with Gasteiger partial charge in [-0.2, -0.15) is 0 Å². The number of carbonyl (C=O) groups is 2. The molecule has 39 heavy (non-hydrogen) atoms. The molecular formula is C33H39FO5. The number of benzene rings is 3. The molecule has 0 heterocycles. The Bertz CT molecular complexity index is 1190. The van der Waals surface area contributed by atoms with Gasteiger partial charge in [0.25, 0.3) is 0 Å². The summed E-state index contributed by atoms with van der Waals surface area (Å²) < 4.78 is 30.8. The third kappa shape index (κ3) is 9.54. The van der Waals surface area contributed by atoms with Crippen LogP contribution in [-0.4, -0.2) is 25.2 Å². The summed E-state index contributed by atoms with van der Waals surface area (Å²) in [5.74, 6) is -0.759. The normalized spacial score (nSPS) is 11.6. The zero-order valence-electron chi connectivity index (χ0n) is 23.2. The SMILES string of the molecule is CCCCCCCCOc1ccc(C(=O)Oc2ccc(-c3ccc(C(=O)OC[C@@H](C)CC)cc3)cc2)cc1F. The summed E-state index contributed by atoms with van der Waals surface area (Å²) in [4.78, 5) is 24.8. The van der Waals surface area contributed by atoms with Crippen LogP contribution < -0.4 is 9.47 Å². The van der Waals surface area contributed by atoms with Crippen LogP contribution in [0.5, 0.6) is 11.5 Å². The summed E-state index contributed by atoms with van der Waals surface area (Å²) in [5.41, 5.74) is 2.41. The Labute approximate surface area is 231 Å². The van der Waals surface area contributed by atoms with Gasteiger partial charge in [0.05, 0.1) is 24.3 Å². The topological polar surface area (TPSA) is 61.8 Å². The van der Waals surface area contributed by atoms with Crippen LogP contribution in [0.1, 0.15) is 86.4 Å². The Morgan fingerprint density at radius 2 is 1.38 bits per heavy atom. The molecule has 0 fully saturated rings. The molecule has 0 aliphatic heterocycles. The summed E-state index contributed by atoms with van der Waals surface area (Å²) in [6.07, 6.45) is 7.70. The van der Waals surface area contributed by atoms with Gasteiger partial charge in [0.15, 0.2) is 11.6 Å². The summed E-state index contributed by atoms with van der Waals surface area (Å²) in [6.45, 7) is 7.13. The quantitative estimate of drug-likeness (QED) is 0.111. The van der Waals surface area contributed by atoms with Crippen LogP contribution in [0.4, 0.5) is 4.39 Å². The molecular weight excluding hydrogens is 495 g/mol. The number of hydrogen-bond acceptors (Lipinski definition) is 5. The van der Waals surface area contributed by atoms with Crippen molar-refractivity contribution in [3.63, 3.8) is 0 Å². The zero-order valence-corrected chi connectivity index (χ0v) is 23.2. The van der Waals surface area contributed by atoms with Crippen LogP contribution in [0.2, 0.25) is 0 Å². The van der Waals surface area contributed by atoms with Crippen LogP contribution in [0, 0.1) is 11.7 Å². The molecule has 0 aromatic heterocycles. The molecule has 0 spiro atoms. The fraction of sp³-hybridized carbons (Fsp3) is 0.394. The first kappa shape index (κ1) is 29.9. The van der Waals surface area contributed by atoms with Crippen LogP contribution in [0.15, 0.2) is 66.7 Å². The van der Waals surface area contributed by atoms with Crippen LogP contribution in [-0.2, 0) is 4.74 Å². The third-order valence-electron chi connectivity index (χ3n) is 6.64. The molecule has 208 valence electrons. The fourth-order valence-corrected chi connectivity index (χ4v) is 3.91. The average molecular weight is 535 g/mol. The number of rotatable bonds is 15. The molecule has 3 aromatic carbocycles. The van der Waals surface area contributed by atoms with Crippen molar-refractivity contribution in [2.75, 3.05) is 13.2 Å². The molecule has 0 aliphatic carbocycles. The number of carbonyl (C=O) groups excluding carboxylic acids is 2. The molecule has 0 amide bonds. The van der Waals surface area contributed by atoms with Gasteiger partial charge in [-0.15, -0.1) is 0 Å². The minimum absolute atomic E-state index is 0.110. The first-order valence-corrected chi connectivity index (χ1v) is 13.9.